The lowest BCUT2D eigenvalue weighted by Gasteiger charge is -2.28. The van der Waals surface area contributed by atoms with Crippen LogP contribution >= 0.6 is 11.6 Å². The number of nitro groups is 1. The molecular formula is C21H26ClN3O5. The molecular weight excluding hydrogens is 410 g/mol. The van der Waals surface area contributed by atoms with Gasteiger partial charge in [0.25, 0.3) is 5.91 Å². The van der Waals surface area contributed by atoms with E-state index in [2.05, 4.69) is 24.1 Å². The van der Waals surface area contributed by atoms with Crippen LogP contribution in [0.1, 0.15) is 24.2 Å². The lowest BCUT2D eigenvalue weighted by Crippen LogP contribution is -2.39. The van der Waals surface area contributed by atoms with Gasteiger partial charge in [-0.05, 0) is 49.8 Å². The second kappa shape index (κ2) is 9.77. The molecule has 2 aromatic carbocycles. The predicted octanol–water partition coefficient (Wildman–Crippen LogP) is 4.37. The molecule has 162 valence electrons. The highest BCUT2D eigenvalue weighted by molar-refractivity contribution is 6.30. The van der Waals surface area contributed by atoms with Crippen LogP contribution in [-0.4, -0.2) is 50.0 Å². The average Bonchev–Trinajstić information content (AvgIpc) is 2.66. The van der Waals surface area contributed by atoms with E-state index in [9.17, 15) is 14.9 Å². The first-order valence-electron chi connectivity index (χ1n) is 9.25. The van der Waals surface area contributed by atoms with Crippen LogP contribution in [-0.2, 0) is 0 Å². The molecule has 0 aromatic heterocycles. The number of nitro benzene ring substituents is 1. The summed E-state index contributed by atoms with van der Waals surface area (Å²) in [7, 11) is 5.40. The largest absolute Gasteiger partial charge is 0.493 e. The number of benzene rings is 2. The summed E-state index contributed by atoms with van der Waals surface area (Å²) in [5.74, 6) is 0.293. The van der Waals surface area contributed by atoms with E-state index >= 15 is 0 Å². The first-order valence-corrected chi connectivity index (χ1v) is 9.63. The van der Waals surface area contributed by atoms with Gasteiger partial charge in [0, 0.05) is 29.7 Å². The first kappa shape index (κ1) is 23.4. The summed E-state index contributed by atoms with van der Waals surface area (Å²) in [6, 6.07) is 8.76. The van der Waals surface area contributed by atoms with Gasteiger partial charge in [-0.3, -0.25) is 14.9 Å². The quantitative estimate of drug-likeness (QED) is 0.464. The topological polar surface area (TPSA) is 93.9 Å². The Labute approximate surface area is 180 Å². The third-order valence-corrected chi connectivity index (χ3v) is 4.47. The molecule has 0 unspecified atom stereocenters. The fourth-order valence-corrected chi connectivity index (χ4v) is 3.23. The summed E-state index contributed by atoms with van der Waals surface area (Å²) in [5.41, 5.74) is 0.0276. The van der Waals surface area contributed by atoms with Gasteiger partial charge in [-0.15, -0.1) is 0 Å². The maximum absolute atomic E-state index is 12.6. The van der Waals surface area contributed by atoms with Gasteiger partial charge >= 0.3 is 5.69 Å². The molecule has 1 amide bonds. The molecule has 0 radical (unpaired) electrons. The minimum Gasteiger partial charge on any atom is -0.493 e. The zero-order valence-electron chi connectivity index (χ0n) is 17.7. The summed E-state index contributed by atoms with van der Waals surface area (Å²) in [4.78, 5) is 25.3. The van der Waals surface area contributed by atoms with Crippen molar-refractivity contribution in [3.05, 3.63) is 57.1 Å². The minimum atomic E-state index is -0.578. The molecule has 30 heavy (non-hydrogen) atoms. The van der Waals surface area contributed by atoms with E-state index in [0.717, 1.165) is 6.54 Å². The minimum absolute atomic E-state index is 0.0188. The van der Waals surface area contributed by atoms with E-state index < -0.39 is 4.92 Å². The monoisotopic (exact) mass is 435 g/mol. The molecule has 0 atom stereocenters. The Morgan fingerprint density at radius 3 is 2.43 bits per heavy atom. The fraction of sp³-hybridized carbons (Fsp3) is 0.381. The molecule has 0 heterocycles. The maximum atomic E-state index is 12.6. The van der Waals surface area contributed by atoms with Crippen LogP contribution in [0.2, 0.25) is 5.02 Å². The molecule has 0 fully saturated rings. The smallest absolute Gasteiger partial charge is 0.313 e. The third kappa shape index (κ3) is 6.33. The van der Waals surface area contributed by atoms with Crippen LogP contribution in [0.15, 0.2) is 36.4 Å². The number of hydrogen-bond acceptors (Lipinski definition) is 6. The molecule has 0 spiro atoms. The van der Waals surface area contributed by atoms with Crippen molar-refractivity contribution in [3.63, 3.8) is 0 Å². The number of methoxy groups -OCH3 is 1. The van der Waals surface area contributed by atoms with Crippen LogP contribution in [0, 0.1) is 15.5 Å². The average molecular weight is 436 g/mol. The number of halogens is 1. The van der Waals surface area contributed by atoms with Crippen LogP contribution in [0.5, 0.6) is 17.2 Å². The molecule has 0 saturated heterocycles. The maximum Gasteiger partial charge on any atom is 0.313 e. The van der Waals surface area contributed by atoms with E-state index in [1.165, 1.54) is 37.4 Å². The second-order valence-electron chi connectivity index (χ2n) is 7.92. The van der Waals surface area contributed by atoms with Gasteiger partial charge in [0.05, 0.1) is 12.0 Å². The van der Waals surface area contributed by atoms with Gasteiger partial charge < -0.3 is 19.7 Å². The van der Waals surface area contributed by atoms with Crippen molar-refractivity contribution >= 4 is 23.2 Å². The zero-order chi connectivity index (χ0) is 22.5. The number of carbonyl (C=O) groups excluding carboxylic acids is 1. The van der Waals surface area contributed by atoms with Crippen LogP contribution in [0.3, 0.4) is 0 Å². The number of nitrogens with zero attached hydrogens (tertiary/aromatic N) is 2. The highest BCUT2D eigenvalue weighted by Crippen LogP contribution is 2.37. The van der Waals surface area contributed by atoms with E-state index in [1.54, 1.807) is 6.07 Å². The van der Waals surface area contributed by atoms with Gasteiger partial charge in [0.1, 0.15) is 0 Å². The van der Waals surface area contributed by atoms with Gasteiger partial charge in [-0.25, -0.2) is 0 Å². The molecule has 0 bridgehead atoms. The summed E-state index contributed by atoms with van der Waals surface area (Å²) >= 11 is 5.84. The molecule has 1 N–H and O–H groups in total. The lowest BCUT2D eigenvalue weighted by molar-refractivity contribution is -0.385. The van der Waals surface area contributed by atoms with Crippen molar-refractivity contribution in [2.75, 3.05) is 34.3 Å². The molecule has 9 heteroatoms. The van der Waals surface area contributed by atoms with Gasteiger partial charge in [0.2, 0.25) is 5.75 Å². The Morgan fingerprint density at radius 2 is 1.83 bits per heavy atom. The van der Waals surface area contributed by atoms with E-state index in [-0.39, 0.29) is 39.3 Å². The third-order valence-electron chi connectivity index (χ3n) is 4.24. The number of nitrogens with one attached hydrogen (secondary N) is 1. The predicted molar refractivity (Wildman–Crippen MR) is 116 cm³/mol. The number of hydrogen-bond donors (Lipinski definition) is 1. The number of rotatable bonds is 9. The summed E-state index contributed by atoms with van der Waals surface area (Å²) < 4.78 is 11.0. The second-order valence-corrected chi connectivity index (χ2v) is 8.36. The zero-order valence-corrected chi connectivity index (χ0v) is 18.4. The number of carbonyl (C=O) groups is 1. The van der Waals surface area contributed by atoms with E-state index in [0.29, 0.717) is 12.1 Å². The van der Waals surface area contributed by atoms with Gasteiger partial charge in [-0.1, -0.05) is 25.4 Å². The molecule has 2 aromatic rings. The molecule has 0 aliphatic carbocycles. The Kier molecular flexibility index (Phi) is 7.64. The molecule has 0 aliphatic rings. The molecule has 8 nitrogen and oxygen atoms in total. The lowest BCUT2D eigenvalue weighted by atomic mass is 9.93. The highest BCUT2D eigenvalue weighted by atomic mass is 35.5. The van der Waals surface area contributed by atoms with Crippen molar-refractivity contribution in [1.82, 2.24) is 10.2 Å². The van der Waals surface area contributed by atoms with Crippen molar-refractivity contribution in [3.8, 4) is 17.2 Å². The fourth-order valence-electron chi connectivity index (χ4n) is 3.06. The van der Waals surface area contributed by atoms with Crippen molar-refractivity contribution < 1.29 is 19.2 Å². The highest BCUT2D eigenvalue weighted by Gasteiger charge is 2.22. The molecule has 0 saturated carbocycles. The summed E-state index contributed by atoms with van der Waals surface area (Å²) in [6.45, 7) is 5.47. The van der Waals surface area contributed by atoms with Crippen LogP contribution in [0.25, 0.3) is 0 Å². The van der Waals surface area contributed by atoms with Crippen molar-refractivity contribution in [2.45, 2.75) is 13.8 Å². The number of ether oxygens (including phenoxy) is 2. The molecule has 2 rings (SSSR count). The van der Waals surface area contributed by atoms with Gasteiger partial charge in [0.15, 0.2) is 11.5 Å². The normalized spacial score (nSPS) is 11.3. The SMILES string of the molecule is COc1cc(C(=O)NCC(C)(C)CN(C)C)ccc1Oc1ccc(Cl)cc1[N+](=O)[O-]. The van der Waals surface area contributed by atoms with Crippen LogP contribution < -0.4 is 14.8 Å². The Bertz CT molecular complexity index is 931. The van der Waals surface area contributed by atoms with Gasteiger partial charge in [-0.2, -0.15) is 0 Å². The van der Waals surface area contributed by atoms with E-state index in [1.807, 2.05) is 14.1 Å². The number of amides is 1. The standard InChI is InChI=1S/C21H26ClN3O5/c1-21(2,13-24(3)4)12-23-20(26)14-6-8-18(19(10-14)29-5)30-17-9-7-15(22)11-16(17)25(27)28/h6-11H,12-13H2,1-5H3,(H,23,26). The van der Waals surface area contributed by atoms with Crippen molar-refractivity contribution in [1.29, 1.82) is 0 Å². The van der Waals surface area contributed by atoms with Crippen LogP contribution in [0.4, 0.5) is 5.69 Å². The molecule has 0 aliphatic heterocycles. The van der Waals surface area contributed by atoms with E-state index in [4.69, 9.17) is 21.1 Å². The first-order chi connectivity index (χ1) is 14.0. The Hall–Kier alpha value is -2.84. The summed E-state index contributed by atoms with van der Waals surface area (Å²) in [5, 5.41) is 14.4. The Morgan fingerprint density at radius 1 is 1.17 bits per heavy atom. The summed E-state index contributed by atoms with van der Waals surface area (Å²) in [6.07, 6.45) is 0. The van der Waals surface area contributed by atoms with Crippen molar-refractivity contribution in [2.24, 2.45) is 5.41 Å². The Balaban J connectivity index is 2.19.